The molecule has 1 aliphatic heterocycles. The average molecular weight is 263 g/mol. The summed E-state index contributed by atoms with van der Waals surface area (Å²) in [5.41, 5.74) is -0.149. The molecule has 108 valence electrons. The molecule has 0 spiro atoms. The summed E-state index contributed by atoms with van der Waals surface area (Å²) >= 11 is 0. The number of hydrogen-bond acceptors (Lipinski definition) is 3. The van der Waals surface area contributed by atoms with Crippen molar-refractivity contribution in [1.29, 1.82) is 5.26 Å². The Morgan fingerprint density at radius 1 is 1.21 bits per heavy atom. The van der Waals surface area contributed by atoms with E-state index < -0.39 is 0 Å². The zero-order valence-corrected chi connectivity index (χ0v) is 12.6. The maximum Gasteiger partial charge on any atom is 0.0683 e. The first-order valence-corrected chi connectivity index (χ1v) is 7.96. The van der Waals surface area contributed by atoms with Crippen molar-refractivity contribution in [2.45, 2.75) is 58.4 Å². The lowest BCUT2D eigenvalue weighted by molar-refractivity contribution is 0.189. The van der Waals surface area contributed by atoms with E-state index in [4.69, 9.17) is 5.26 Å². The molecule has 1 heterocycles. The summed E-state index contributed by atoms with van der Waals surface area (Å²) in [6.07, 6.45) is 7.66. The number of rotatable bonds is 7. The topological polar surface area (TPSA) is 39.1 Å². The molecular formula is C16H29N3. The third-order valence-electron chi connectivity index (χ3n) is 4.56. The fraction of sp³-hybridized carbons (Fsp3) is 0.938. The van der Waals surface area contributed by atoms with Crippen LogP contribution in [-0.4, -0.2) is 37.1 Å². The van der Waals surface area contributed by atoms with Gasteiger partial charge in [-0.2, -0.15) is 5.26 Å². The van der Waals surface area contributed by atoms with Gasteiger partial charge in [-0.1, -0.05) is 0 Å². The molecule has 3 nitrogen and oxygen atoms in total. The van der Waals surface area contributed by atoms with E-state index in [-0.39, 0.29) is 5.41 Å². The van der Waals surface area contributed by atoms with E-state index in [0.717, 1.165) is 24.8 Å². The van der Waals surface area contributed by atoms with Gasteiger partial charge >= 0.3 is 0 Å². The van der Waals surface area contributed by atoms with Gasteiger partial charge in [0.25, 0.3) is 0 Å². The van der Waals surface area contributed by atoms with E-state index >= 15 is 0 Å². The van der Waals surface area contributed by atoms with Gasteiger partial charge in [0.15, 0.2) is 0 Å². The van der Waals surface area contributed by atoms with Crippen LogP contribution >= 0.6 is 0 Å². The van der Waals surface area contributed by atoms with Gasteiger partial charge in [0, 0.05) is 6.04 Å². The first-order chi connectivity index (χ1) is 9.09. The molecule has 2 fully saturated rings. The Morgan fingerprint density at radius 2 is 1.89 bits per heavy atom. The summed E-state index contributed by atoms with van der Waals surface area (Å²) in [4.78, 5) is 2.57. The highest BCUT2D eigenvalue weighted by Crippen LogP contribution is 2.28. The number of nitrogens with zero attached hydrogens (tertiary/aromatic N) is 2. The van der Waals surface area contributed by atoms with Crippen LogP contribution in [0.5, 0.6) is 0 Å². The molecule has 1 saturated carbocycles. The molecule has 0 atom stereocenters. The molecule has 0 aromatic carbocycles. The van der Waals surface area contributed by atoms with E-state index in [1.165, 1.54) is 51.9 Å². The van der Waals surface area contributed by atoms with Crippen LogP contribution in [0.25, 0.3) is 0 Å². The van der Waals surface area contributed by atoms with Crippen LogP contribution in [0.15, 0.2) is 0 Å². The van der Waals surface area contributed by atoms with E-state index in [1.54, 1.807) is 0 Å². The Balaban J connectivity index is 1.54. The molecular weight excluding hydrogens is 234 g/mol. The molecule has 1 saturated heterocycles. The second kappa shape index (κ2) is 6.72. The first-order valence-electron chi connectivity index (χ1n) is 7.96. The molecule has 3 heteroatoms. The van der Waals surface area contributed by atoms with E-state index in [0.29, 0.717) is 0 Å². The largest absolute Gasteiger partial charge is 0.314 e. The van der Waals surface area contributed by atoms with Crippen molar-refractivity contribution >= 4 is 0 Å². The molecule has 1 N–H and O–H groups in total. The molecule has 2 aliphatic rings. The van der Waals surface area contributed by atoms with Gasteiger partial charge in [0.2, 0.25) is 0 Å². The van der Waals surface area contributed by atoms with Crippen molar-refractivity contribution in [3.8, 4) is 6.07 Å². The van der Waals surface area contributed by atoms with Crippen LogP contribution in [0.2, 0.25) is 0 Å². The quantitative estimate of drug-likeness (QED) is 0.767. The van der Waals surface area contributed by atoms with Crippen molar-refractivity contribution in [2.75, 3.05) is 26.2 Å². The highest BCUT2D eigenvalue weighted by atomic mass is 15.1. The molecule has 0 aromatic rings. The fourth-order valence-corrected chi connectivity index (χ4v) is 2.82. The summed E-state index contributed by atoms with van der Waals surface area (Å²) < 4.78 is 0. The van der Waals surface area contributed by atoms with Gasteiger partial charge in [-0.25, -0.2) is 0 Å². The second-order valence-electron chi connectivity index (χ2n) is 7.07. The Labute approximate surface area is 118 Å². The van der Waals surface area contributed by atoms with Crippen molar-refractivity contribution in [3.05, 3.63) is 0 Å². The van der Waals surface area contributed by atoms with Gasteiger partial charge < -0.3 is 10.2 Å². The van der Waals surface area contributed by atoms with Crippen LogP contribution in [0.3, 0.4) is 0 Å². The molecule has 1 aliphatic carbocycles. The third-order valence-corrected chi connectivity index (χ3v) is 4.56. The Hall–Kier alpha value is -0.590. The summed E-state index contributed by atoms with van der Waals surface area (Å²) in [6.45, 7) is 8.97. The van der Waals surface area contributed by atoms with Gasteiger partial charge in [-0.15, -0.1) is 0 Å². The highest BCUT2D eigenvalue weighted by molar-refractivity contribution is 4.91. The summed E-state index contributed by atoms with van der Waals surface area (Å²) in [7, 11) is 0. The molecule has 0 radical (unpaired) electrons. The maximum absolute atomic E-state index is 9.00. The predicted octanol–water partition coefficient (Wildman–Crippen LogP) is 2.78. The Bertz CT molecular complexity index is 306. The minimum atomic E-state index is -0.149. The zero-order chi connectivity index (χ0) is 13.7. The van der Waals surface area contributed by atoms with E-state index in [2.05, 4.69) is 16.3 Å². The minimum Gasteiger partial charge on any atom is -0.314 e. The summed E-state index contributed by atoms with van der Waals surface area (Å²) in [5.74, 6) is 0.992. The van der Waals surface area contributed by atoms with Crippen LogP contribution in [0.4, 0.5) is 0 Å². The van der Waals surface area contributed by atoms with Crippen molar-refractivity contribution in [1.82, 2.24) is 10.2 Å². The highest BCUT2D eigenvalue weighted by Gasteiger charge is 2.24. The third kappa shape index (κ3) is 5.50. The smallest absolute Gasteiger partial charge is 0.0683 e. The number of likely N-dealkylation sites (tertiary alicyclic amines) is 1. The normalized spacial score (nSPS) is 22.4. The summed E-state index contributed by atoms with van der Waals surface area (Å²) in [6, 6.07) is 3.15. The number of nitrogens with one attached hydrogen (secondary N) is 1. The average Bonchev–Trinajstić information content (AvgIpc) is 3.22. The predicted molar refractivity (Wildman–Crippen MR) is 78.8 cm³/mol. The molecule has 0 bridgehead atoms. The fourth-order valence-electron chi connectivity index (χ4n) is 2.82. The lowest BCUT2D eigenvalue weighted by Gasteiger charge is -2.33. The second-order valence-corrected chi connectivity index (χ2v) is 7.07. The lowest BCUT2D eigenvalue weighted by Crippen LogP contribution is -2.43. The van der Waals surface area contributed by atoms with Gasteiger partial charge in [0.05, 0.1) is 11.5 Å². The van der Waals surface area contributed by atoms with Gasteiger partial charge in [-0.05, 0) is 84.5 Å². The number of piperidine rings is 1. The zero-order valence-electron chi connectivity index (χ0n) is 12.6. The minimum absolute atomic E-state index is 0.149. The van der Waals surface area contributed by atoms with Crippen LogP contribution in [-0.2, 0) is 0 Å². The van der Waals surface area contributed by atoms with Gasteiger partial charge in [-0.3, -0.25) is 0 Å². The van der Waals surface area contributed by atoms with Crippen LogP contribution in [0.1, 0.15) is 52.4 Å². The molecule has 19 heavy (non-hydrogen) atoms. The van der Waals surface area contributed by atoms with Crippen LogP contribution < -0.4 is 5.32 Å². The molecule has 0 amide bonds. The first kappa shape index (κ1) is 14.8. The van der Waals surface area contributed by atoms with Crippen molar-refractivity contribution < 1.29 is 0 Å². The van der Waals surface area contributed by atoms with Crippen LogP contribution in [0, 0.1) is 22.7 Å². The van der Waals surface area contributed by atoms with E-state index in [1.807, 2.05) is 13.8 Å². The summed E-state index contributed by atoms with van der Waals surface area (Å²) in [5, 5.41) is 12.7. The lowest BCUT2D eigenvalue weighted by atomic mass is 9.89. The Morgan fingerprint density at radius 3 is 2.47 bits per heavy atom. The number of nitriles is 1. The van der Waals surface area contributed by atoms with Crippen molar-refractivity contribution in [3.63, 3.8) is 0 Å². The van der Waals surface area contributed by atoms with Crippen molar-refractivity contribution in [2.24, 2.45) is 11.3 Å². The Kier molecular flexibility index (Phi) is 5.24. The number of hydrogen-bond donors (Lipinski definition) is 1. The van der Waals surface area contributed by atoms with Gasteiger partial charge in [0.1, 0.15) is 0 Å². The molecule has 0 unspecified atom stereocenters. The SMILES string of the molecule is CC(C)(C#N)CCCN1CCC(NCC2CC2)CC1. The van der Waals surface area contributed by atoms with E-state index in [9.17, 15) is 0 Å². The molecule has 2 rings (SSSR count). The monoisotopic (exact) mass is 263 g/mol. The molecule has 0 aromatic heterocycles. The maximum atomic E-state index is 9.00. The standard InChI is InChI=1S/C16H29N3/c1-16(2,13-17)8-3-9-19-10-6-15(7-11-19)18-12-14-4-5-14/h14-15,18H,3-12H2,1-2H3.